The van der Waals surface area contributed by atoms with Gasteiger partial charge >= 0.3 is 5.97 Å². The summed E-state index contributed by atoms with van der Waals surface area (Å²) in [5, 5.41) is 0. The molecule has 0 saturated heterocycles. The standard InChI is InChI=1S/C14H19NO2/c1-10(2)15-9-12-5-7-13(8-6-12)14(16)17-11(3)4/h5-11H,1-4H3. The summed E-state index contributed by atoms with van der Waals surface area (Å²) in [4.78, 5) is 15.9. The molecule has 0 aliphatic heterocycles. The minimum absolute atomic E-state index is 0.0929. The summed E-state index contributed by atoms with van der Waals surface area (Å²) in [5.74, 6) is -0.285. The zero-order chi connectivity index (χ0) is 12.8. The normalized spacial score (nSPS) is 11.4. The Hall–Kier alpha value is -1.64. The maximum Gasteiger partial charge on any atom is 0.338 e. The lowest BCUT2D eigenvalue weighted by Crippen LogP contribution is -2.11. The van der Waals surface area contributed by atoms with E-state index in [0.29, 0.717) is 5.56 Å². The van der Waals surface area contributed by atoms with Crippen LogP contribution in [-0.4, -0.2) is 24.3 Å². The SMILES string of the molecule is CC(C)N=Cc1ccc(C(=O)OC(C)C)cc1. The summed E-state index contributed by atoms with van der Waals surface area (Å²) in [6, 6.07) is 7.52. The third-order valence-corrected chi connectivity index (χ3v) is 2.01. The average molecular weight is 233 g/mol. The van der Waals surface area contributed by atoms with Crippen molar-refractivity contribution in [2.45, 2.75) is 39.8 Å². The maximum absolute atomic E-state index is 11.6. The van der Waals surface area contributed by atoms with Gasteiger partial charge in [0.1, 0.15) is 0 Å². The number of ether oxygens (including phenoxy) is 1. The van der Waals surface area contributed by atoms with Crippen molar-refractivity contribution in [2.24, 2.45) is 4.99 Å². The molecule has 0 atom stereocenters. The smallest absolute Gasteiger partial charge is 0.338 e. The third kappa shape index (κ3) is 4.81. The Morgan fingerprint density at radius 2 is 1.76 bits per heavy atom. The van der Waals surface area contributed by atoms with E-state index in [9.17, 15) is 4.79 Å². The van der Waals surface area contributed by atoms with Gasteiger partial charge in [0.15, 0.2) is 0 Å². The van der Waals surface area contributed by atoms with Crippen LogP contribution in [0.1, 0.15) is 43.6 Å². The minimum atomic E-state index is -0.285. The highest BCUT2D eigenvalue weighted by atomic mass is 16.5. The van der Waals surface area contributed by atoms with Crippen molar-refractivity contribution in [3.63, 3.8) is 0 Å². The maximum atomic E-state index is 11.6. The van der Waals surface area contributed by atoms with Gasteiger partial charge in [0.2, 0.25) is 0 Å². The van der Waals surface area contributed by atoms with Crippen LogP contribution in [0.5, 0.6) is 0 Å². The first kappa shape index (κ1) is 13.4. The van der Waals surface area contributed by atoms with E-state index in [2.05, 4.69) is 4.99 Å². The average Bonchev–Trinajstić information content (AvgIpc) is 2.26. The van der Waals surface area contributed by atoms with Gasteiger partial charge in [0.25, 0.3) is 0 Å². The molecule has 3 heteroatoms. The lowest BCUT2D eigenvalue weighted by atomic mass is 10.1. The molecule has 1 aromatic carbocycles. The highest BCUT2D eigenvalue weighted by molar-refractivity contribution is 5.90. The van der Waals surface area contributed by atoms with Crippen LogP contribution in [0.4, 0.5) is 0 Å². The lowest BCUT2D eigenvalue weighted by Gasteiger charge is -2.07. The largest absolute Gasteiger partial charge is 0.459 e. The lowest BCUT2D eigenvalue weighted by molar-refractivity contribution is 0.0378. The Morgan fingerprint density at radius 1 is 1.18 bits per heavy atom. The van der Waals surface area contributed by atoms with Gasteiger partial charge in [-0.1, -0.05) is 12.1 Å². The monoisotopic (exact) mass is 233 g/mol. The minimum Gasteiger partial charge on any atom is -0.459 e. The molecule has 0 heterocycles. The predicted molar refractivity (Wildman–Crippen MR) is 69.7 cm³/mol. The summed E-state index contributed by atoms with van der Waals surface area (Å²) >= 11 is 0. The first-order chi connectivity index (χ1) is 7.99. The predicted octanol–water partition coefficient (Wildman–Crippen LogP) is 3.08. The van der Waals surface area contributed by atoms with Crippen molar-refractivity contribution < 1.29 is 9.53 Å². The molecule has 92 valence electrons. The second-order valence-corrected chi connectivity index (χ2v) is 4.45. The molecule has 0 unspecified atom stereocenters. The fraction of sp³-hybridized carbons (Fsp3) is 0.429. The molecule has 0 saturated carbocycles. The second-order valence-electron chi connectivity index (χ2n) is 4.45. The molecule has 1 rings (SSSR count). The molecule has 0 aliphatic rings. The number of esters is 1. The molecular weight excluding hydrogens is 214 g/mol. The van der Waals surface area contributed by atoms with E-state index in [4.69, 9.17) is 4.74 Å². The summed E-state index contributed by atoms with van der Waals surface area (Å²) in [6.07, 6.45) is 1.71. The number of carbonyl (C=O) groups excluding carboxylic acids is 1. The third-order valence-electron chi connectivity index (χ3n) is 2.01. The van der Waals surface area contributed by atoms with Gasteiger partial charge in [0, 0.05) is 12.3 Å². The summed E-state index contributed by atoms with van der Waals surface area (Å²) in [6.45, 7) is 7.71. The van der Waals surface area contributed by atoms with Crippen LogP contribution >= 0.6 is 0 Å². The van der Waals surface area contributed by atoms with Crippen LogP contribution < -0.4 is 0 Å². The fourth-order valence-electron chi connectivity index (χ4n) is 1.22. The molecule has 0 spiro atoms. The van der Waals surface area contributed by atoms with Crippen LogP contribution in [0.2, 0.25) is 0 Å². The molecule has 0 N–H and O–H groups in total. The zero-order valence-corrected chi connectivity index (χ0v) is 10.8. The molecule has 17 heavy (non-hydrogen) atoms. The Balaban J connectivity index is 2.71. The van der Waals surface area contributed by atoms with Crippen molar-refractivity contribution in [2.75, 3.05) is 0 Å². The van der Waals surface area contributed by atoms with Gasteiger partial charge in [-0.2, -0.15) is 0 Å². The number of carbonyl (C=O) groups is 1. The summed E-state index contributed by atoms with van der Waals surface area (Å²) in [7, 11) is 0. The van der Waals surface area contributed by atoms with E-state index in [1.807, 2.05) is 46.0 Å². The van der Waals surface area contributed by atoms with Crippen LogP contribution in [0.15, 0.2) is 29.3 Å². The molecule has 0 fully saturated rings. The quantitative estimate of drug-likeness (QED) is 0.592. The topological polar surface area (TPSA) is 38.7 Å². The van der Waals surface area contributed by atoms with Gasteiger partial charge < -0.3 is 4.74 Å². The molecule has 0 aliphatic carbocycles. The number of nitrogens with zero attached hydrogens (tertiary/aromatic N) is 1. The van der Waals surface area contributed by atoms with Gasteiger partial charge in [-0.3, -0.25) is 4.99 Å². The van der Waals surface area contributed by atoms with Crippen LogP contribution in [0.25, 0.3) is 0 Å². The van der Waals surface area contributed by atoms with E-state index in [1.54, 1.807) is 12.1 Å². The Bertz CT molecular complexity index is 391. The van der Waals surface area contributed by atoms with Gasteiger partial charge in [0.05, 0.1) is 11.7 Å². The van der Waals surface area contributed by atoms with E-state index >= 15 is 0 Å². The molecule has 0 amide bonds. The Morgan fingerprint density at radius 3 is 2.24 bits per heavy atom. The van der Waals surface area contributed by atoms with E-state index in [0.717, 1.165) is 5.56 Å². The molecule has 3 nitrogen and oxygen atoms in total. The zero-order valence-electron chi connectivity index (χ0n) is 10.8. The second kappa shape index (κ2) is 6.18. The molecular formula is C14H19NO2. The number of aliphatic imine (C=N–C) groups is 1. The van der Waals surface area contributed by atoms with Crippen molar-refractivity contribution >= 4 is 12.2 Å². The molecule has 1 aromatic rings. The van der Waals surface area contributed by atoms with Crippen LogP contribution in [-0.2, 0) is 4.74 Å². The Kier molecular flexibility index (Phi) is 4.88. The molecule has 0 aromatic heterocycles. The first-order valence-electron chi connectivity index (χ1n) is 5.83. The van der Waals surface area contributed by atoms with E-state index < -0.39 is 0 Å². The molecule has 0 radical (unpaired) electrons. The molecule has 0 bridgehead atoms. The number of hydrogen-bond donors (Lipinski definition) is 0. The number of hydrogen-bond acceptors (Lipinski definition) is 3. The van der Waals surface area contributed by atoms with Crippen molar-refractivity contribution in [1.29, 1.82) is 0 Å². The van der Waals surface area contributed by atoms with Crippen molar-refractivity contribution in [3.05, 3.63) is 35.4 Å². The number of rotatable bonds is 4. The summed E-state index contributed by atoms with van der Waals surface area (Å²) < 4.78 is 5.10. The van der Waals surface area contributed by atoms with E-state index in [1.165, 1.54) is 0 Å². The van der Waals surface area contributed by atoms with E-state index in [-0.39, 0.29) is 18.1 Å². The van der Waals surface area contributed by atoms with Crippen molar-refractivity contribution in [1.82, 2.24) is 0 Å². The van der Waals surface area contributed by atoms with Gasteiger partial charge in [-0.25, -0.2) is 4.79 Å². The summed E-state index contributed by atoms with van der Waals surface area (Å²) in [5.41, 5.74) is 1.56. The van der Waals surface area contributed by atoms with Crippen LogP contribution in [0, 0.1) is 0 Å². The van der Waals surface area contributed by atoms with Crippen molar-refractivity contribution in [3.8, 4) is 0 Å². The van der Waals surface area contributed by atoms with Crippen LogP contribution in [0.3, 0.4) is 0 Å². The number of benzene rings is 1. The fourth-order valence-corrected chi connectivity index (χ4v) is 1.22. The van der Waals surface area contributed by atoms with Gasteiger partial charge in [-0.05, 0) is 45.4 Å². The Labute approximate surface area is 103 Å². The highest BCUT2D eigenvalue weighted by Gasteiger charge is 2.08. The van der Waals surface area contributed by atoms with Gasteiger partial charge in [-0.15, -0.1) is 0 Å². The first-order valence-corrected chi connectivity index (χ1v) is 5.83. The highest BCUT2D eigenvalue weighted by Crippen LogP contribution is 2.06.